The SMILES string of the molecule is NC(N)NC(=O)c1ccc2c(c1)C(c1ccc(F)cc1)=C(F)CC2. The molecular weight excluding hydrogens is 312 g/mol. The highest BCUT2D eigenvalue weighted by Gasteiger charge is 2.22. The number of halogens is 2. The van der Waals surface area contributed by atoms with Crippen LogP contribution < -0.4 is 16.8 Å². The van der Waals surface area contributed by atoms with Crippen molar-refractivity contribution in [1.29, 1.82) is 0 Å². The second-order valence-corrected chi connectivity index (χ2v) is 5.66. The van der Waals surface area contributed by atoms with Crippen LogP contribution in [0.1, 0.15) is 33.5 Å². The van der Waals surface area contributed by atoms with Gasteiger partial charge >= 0.3 is 0 Å². The standard InChI is InChI=1S/C18H17F2N3O/c19-13-6-3-11(4-7-13)16-14-9-12(17(24)23-18(21)22)2-1-10(14)5-8-15(16)20/h1-4,6-7,9,18H,5,8,21-22H2,(H,23,24). The fourth-order valence-corrected chi connectivity index (χ4v) is 2.85. The number of rotatable bonds is 3. The molecule has 0 heterocycles. The molecule has 4 nitrogen and oxygen atoms in total. The van der Waals surface area contributed by atoms with Crippen molar-refractivity contribution in [3.05, 3.63) is 76.4 Å². The number of nitrogens with two attached hydrogens (primary N) is 2. The van der Waals surface area contributed by atoms with E-state index in [9.17, 15) is 13.6 Å². The minimum Gasteiger partial charge on any atom is -0.324 e. The van der Waals surface area contributed by atoms with Crippen molar-refractivity contribution in [2.75, 3.05) is 0 Å². The summed E-state index contributed by atoms with van der Waals surface area (Å²) in [6, 6.07) is 10.7. The van der Waals surface area contributed by atoms with Crippen LogP contribution >= 0.6 is 0 Å². The number of aryl methyl sites for hydroxylation is 1. The Labute approximate surface area is 138 Å². The Morgan fingerprint density at radius 2 is 1.75 bits per heavy atom. The van der Waals surface area contributed by atoms with E-state index in [0.717, 1.165) is 5.56 Å². The van der Waals surface area contributed by atoms with Crippen molar-refractivity contribution >= 4 is 11.5 Å². The van der Waals surface area contributed by atoms with Gasteiger partial charge < -0.3 is 5.32 Å². The van der Waals surface area contributed by atoms with E-state index in [0.29, 0.717) is 28.7 Å². The topological polar surface area (TPSA) is 81.1 Å². The van der Waals surface area contributed by atoms with Crippen LogP contribution in [0.25, 0.3) is 5.57 Å². The number of hydrogen-bond donors (Lipinski definition) is 3. The number of allylic oxidation sites excluding steroid dienone is 1. The van der Waals surface area contributed by atoms with Crippen LogP contribution in [0.4, 0.5) is 8.78 Å². The third-order valence-electron chi connectivity index (χ3n) is 3.96. The summed E-state index contributed by atoms with van der Waals surface area (Å²) in [6.45, 7) is 0. The molecule has 1 aliphatic rings. The monoisotopic (exact) mass is 329 g/mol. The molecule has 1 aliphatic carbocycles. The van der Waals surface area contributed by atoms with Crippen molar-refractivity contribution in [1.82, 2.24) is 5.32 Å². The minimum absolute atomic E-state index is 0.276. The third kappa shape index (κ3) is 3.20. The number of carbonyl (C=O) groups excluding carboxylic acids is 1. The summed E-state index contributed by atoms with van der Waals surface area (Å²) in [4.78, 5) is 12.1. The first-order valence-electron chi connectivity index (χ1n) is 7.55. The minimum atomic E-state index is -0.975. The molecule has 24 heavy (non-hydrogen) atoms. The summed E-state index contributed by atoms with van der Waals surface area (Å²) in [5.74, 6) is -1.10. The lowest BCUT2D eigenvalue weighted by Gasteiger charge is -2.21. The van der Waals surface area contributed by atoms with Gasteiger partial charge in [0, 0.05) is 17.6 Å². The van der Waals surface area contributed by atoms with Crippen molar-refractivity contribution in [2.24, 2.45) is 11.5 Å². The van der Waals surface area contributed by atoms with Crippen LogP contribution in [0.5, 0.6) is 0 Å². The zero-order valence-corrected chi connectivity index (χ0v) is 12.9. The molecule has 5 N–H and O–H groups in total. The molecule has 0 bridgehead atoms. The quantitative estimate of drug-likeness (QED) is 0.757. The maximum Gasteiger partial charge on any atom is 0.253 e. The maximum atomic E-state index is 14.5. The smallest absolute Gasteiger partial charge is 0.253 e. The zero-order chi connectivity index (χ0) is 17.3. The zero-order valence-electron chi connectivity index (χ0n) is 12.9. The van der Waals surface area contributed by atoms with Crippen molar-refractivity contribution in [2.45, 2.75) is 19.1 Å². The van der Waals surface area contributed by atoms with Crippen LogP contribution in [0.2, 0.25) is 0 Å². The highest BCUT2D eigenvalue weighted by atomic mass is 19.1. The van der Waals surface area contributed by atoms with Crippen LogP contribution in [-0.2, 0) is 6.42 Å². The molecule has 2 aromatic carbocycles. The van der Waals surface area contributed by atoms with E-state index < -0.39 is 12.2 Å². The van der Waals surface area contributed by atoms with E-state index >= 15 is 0 Å². The largest absolute Gasteiger partial charge is 0.324 e. The van der Waals surface area contributed by atoms with Crippen LogP contribution in [0, 0.1) is 5.82 Å². The van der Waals surface area contributed by atoms with Crippen LogP contribution in [0.15, 0.2) is 48.3 Å². The van der Waals surface area contributed by atoms with Crippen LogP contribution in [0.3, 0.4) is 0 Å². The summed E-state index contributed by atoms with van der Waals surface area (Å²) in [7, 11) is 0. The van der Waals surface area contributed by atoms with Crippen molar-refractivity contribution in [3.8, 4) is 0 Å². The highest BCUT2D eigenvalue weighted by molar-refractivity contribution is 5.96. The molecule has 1 amide bonds. The number of nitrogens with one attached hydrogen (secondary N) is 1. The molecule has 0 aliphatic heterocycles. The first kappa shape index (κ1) is 16.3. The van der Waals surface area contributed by atoms with Gasteiger partial charge in [-0.1, -0.05) is 18.2 Å². The Balaban J connectivity index is 2.07. The van der Waals surface area contributed by atoms with Crippen LogP contribution in [-0.4, -0.2) is 12.2 Å². The number of benzene rings is 2. The molecule has 0 atom stereocenters. The van der Waals surface area contributed by atoms with Crippen molar-refractivity contribution < 1.29 is 13.6 Å². The fourth-order valence-electron chi connectivity index (χ4n) is 2.85. The summed E-state index contributed by atoms with van der Waals surface area (Å²) in [5, 5.41) is 2.40. The summed E-state index contributed by atoms with van der Waals surface area (Å²) in [6.07, 6.45) is -0.152. The van der Waals surface area contributed by atoms with E-state index in [1.165, 1.54) is 24.3 Å². The number of amides is 1. The Kier molecular flexibility index (Phi) is 4.42. The van der Waals surface area contributed by atoms with E-state index in [2.05, 4.69) is 5.32 Å². The second-order valence-electron chi connectivity index (χ2n) is 5.66. The van der Waals surface area contributed by atoms with E-state index in [1.807, 2.05) is 0 Å². The lowest BCUT2D eigenvalue weighted by Crippen LogP contribution is -2.48. The summed E-state index contributed by atoms with van der Waals surface area (Å²) >= 11 is 0. The van der Waals surface area contributed by atoms with E-state index in [1.54, 1.807) is 18.2 Å². The average molecular weight is 329 g/mol. The molecule has 3 rings (SSSR count). The average Bonchev–Trinajstić information content (AvgIpc) is 2.55. The lowest BCUT2D eigenvalue weighted by molar-refractivity contribution is 0.0939. The van der Waals surface area contributed by atoms with E-state index in [4.69, 9.17) is 11.5 Å². The van der Waals surface area contributed by atoms with Gasteiger partial charge in [-0.2, -0.15) is 0 Å². The summed E-state index contributed by atoms with van der Waals surface area (Å²) in [5.41, 5.74) is 13.6. The second kappa shape index (κ2) is 6.51. The molecule has 0 aromatic heterocycles. The summed E-state index contributed by atoms with van der Waals surface area (Å²) < 4.78 is 27.7. The molecular formula is C18H17F2N3O. The Morgan fingerprint density at radius 3 is 2.42 bits per heavy atom. The molecule has 2 aromatic rings. The van der Waals surface area contributed by atoms with Gasteiger partial charge in [0.05, 0.1) is 0 Å². The molecule has 0 radical (unpaired) electrons. The van der Waals surface area contributed by atoms with Gasteiger partial charge in [-0.3, -0.25) is 16.3 Å². The fraction of sp³-hybridized carbons (Fsp3) is 0.167. The van der Waals surface area contributed by atoms with E-state index in [-0.39, 0.29) is 18.1 Å². The van der Waals surface area contributed by atoms with Gasteiger partial charge in [-0.25, -0.2) is 8.78 Å². The first-order chi connectivity index (χ1) is 11.5. The van der Waals surface area contributed by atoms with Gasteiger partial charge in [0.15, 0.2) is 0 Å². The maximum absolute atomic E-state index is 14.5. The molecule has 0 saturated carbocycles. The number of carbonyl (C=O) groups is 1. The molecule has 0 unspecified atom stereocenters. The molecule has 0 spiro atoms. The van der Waals surface area contributed by atoms with Gasteiger partial charge in [-0.15, -0.1) is 0 Å². The van der Waals surface area contributed by atoms with Gasteiger partial charge in [0.25, 0.3) is 5.91 Å². The Morgan fingerprint density at radius 1 is 1.04 bits per heavy atom. The normalized spacial score (nSPS) is 13.9. The molecule has 6 heteroatoms. The third-order valence-corrected chi connectivity index (χ3v) is 3.96. The first-order valence-corrected chi connectivity index (χ1v) is 7.55. The molecule has 0 saturated heterocycles. The van der Waals surface area contributed by atoms with Gasteiger partial charge in [0.2, 0.25) is 0 Å². The van der Waals surface area contributed by atoms with Crippen molar-refractivity contribution in [3.63, 3.8) is 0 Å². The van der Waals surface area contributed by atoms with Gasteiger partial charge in [0.1, 0.15) is 17.9 Å². The highest BCUT2D eigenvalue weighted by Crippen LogP contribution is 2.37. The number of fused-ring (bicyclic) bond motifs is 1. The Bertz CT molecular complexity index is 814. The molecule has 124 valence electrons. The van der Waals surface area contributed by atoms with Gasteiger partial charge in [-0.05, 0) is 47.4 Å². The lowest BCUT2D eigenvalue weighted by atomic mass is 9.85. The Hall–Kier alpha value is -2.57. The molecule has 0 fully saturated rings. The number of hydrogen-bond acceptors (Lipinski definition) is 3. The predicted octanol–water partition coefficient (Wildman–Crippen LogP) is 2.43. The predicted molar refractivity (Wildman–Crippen MR) is 87.9 cm³/mol.